The fourth-order valence-electron chi connectivity index (χ4n) is 2.57. The minimum absolute atomic E-state index is 0.00424. The molecule has 1 heterocycles. The third-order valence-corrected chi connectivity index (χ3v) is 5.72. The van der Waals surface area contributed by atoms with Crippen LogP contribution in [-0.4, -0.2) is 29.9 Å². The molecule has 154 valence electrons. The highest BCUT2D eigenvalue weighted by atomic mass is 79.9. The van der Waals surface area contributed by atoms with Gasteiger partial charge in [-0.05, 0) is 49.7 Å². The van der Waals surface area contributed by atoms with Crippen LogP contribution in [0.1, 0.15) is 45.8 Å². The molecular weight excluding hydrogens is 456 g/mol. The summed E-state index contributed by atoms with van der Waals surface area (Å²) in [7, 11) is 0. The van der Waals surface area contributed by atoms with Gasteiger partial charge in [0, 0.05) is 40.7 Å². The Morgan fingerprint density at radius 3 is 2.31 bits per heavy atom. The molecule has 1 aromatic carbocycles. The number of carbonyl (C=O) groups excluding carboxylic acids is 4. The van der Waals surface area contributed by atoms with Crippen molar-refractivity contribution in [2.75, 3.05) is 11.9 Å². The lowest BCUT2D eigenvalue weighted by atomic mass is 10.1. The van der Waals surface area contributed by atoms with Crippen LogP contribution in [0.15, 0.2) is 34.8 Å². The molecule has 1 aromatic heterocycles. The minimum Gasteiger partial charge on any atom is -0.347 e. The monoisotopic (exact) mass is 478 g/mol. The summed E-state index contributed by atoms with van der Waals surface area (Å²) in [4.78, 5) is 49.5. The van der Waals surface area contributed by atoms with Crippen LogP contribution in [0, 0.1) is 13.8 Å². The van der Waals surface area contributed by atoms with Gasteiger partial charge in [-0.2, -0.15) is 0 Å². The Balaban J connectivity index is 1.65. The normalized spacial score (nSPS) is 10.4. The lowest BCUT2D eigenvalue weighted by molar-refractivity contribution is -0.126. The Morgan fingerprint density at radius 1 is 0.931 bits per heavy atom. The van der Waals surface area contributed by atoms with Crippen LogP contribution in [-0.2, 0) is 14.4 Å². The SMILES string of the molecule is Cc1ccc(C(=O)CCC(=O)CCC(=O)NCC(=O)Nc2ccc(Br)cc2C)s1. The van der Waals surface area contributed by atoms with E-state index in [1.165, 1.54) is 11.3 Å². The fourth-order valence-corrected chi connectivity index (χ4v) is 3.88. The first-order valence-corrected chi connectivity index (χ1v) is 10.8. The van der Waals surface area contributed by atoms with Gasteiger partial charge in [0.15, 0.2) is 5.78 Å². The van der Waals surface area contributed by atoms with E-state index in [-0.39, 0.29) is 55.6 Å². The van der Waals surface area contributed by atoms with Gasteiger partial charge in [0.05, 0.1) is 11.4 Å². The summed E-state index contributed by atoms with van der Waals surface area (Å²) in [6.07, 6.45) is 0.313. The number of thiophene rings is 1. The lowest BCUT2D eigenvalue weighted by Gasteiger charge is -2.09. The van der Waals surface area contributed by atoms with Crippen molar-refractivity contribution in [1.82, 2.24) is 5.32 Å². The Bertz CT molecular complexity index is 923. The van der Waals surface area contributed by atoms with Crippen LogP contribution >= 0.6 is 27.3 Å². The quantitative estimate of drug-likeness (QED) is 0.500. The van der Waals surface area contributed by atoms with Gasteiger partial charge in [0.1, 0.15) is 5.78 Å². The van der Waals surface area contributed by atoms with E-state index in [1.807, 2.05) is 32.0 Å². The van der Waals surface area contributed by atoms with Crippen LogP contribution in [0.5, 0.6) is 0 Å². The maximum absolute atomic E-state index is 12.0. The number of rotatable bonds is 10. The summed E-state index contributed by atoms with van der Waals surface area (Å²) in [6.45, 7) is 3.62. The van der Waals surface area contributed by atoms with E-state index >= 15 is 0 Å². The van der Waals surface area contributed by atoms with E-state index in [9.17, 15) is 19.2 Å². The predicted molar refractivity (Wildman–Crippen MR) is 117 cm³/mol. The molecule has 0 atom stereocenters. The second-order valence-electron chi connectivity index (χ2n) is 6.66. The molecule has 2 N–H and O–H groups in total. The van der Waals surface area contributed by atoms with Crippen LogP contribution in [0.25, 0.3) is 0 Å². The molecule has 0 unspecified atom stereocenters. The van der Waals surface area contributed by atoms with E-state index in [0.29, 0.717) is 10.6 Å². The molecule has 0 fully saturated rings. The third kappa shape index (κ3) is 7.91. The Hall–Kier alpha value is -2.32. The van der Waals surface area contributed by atoms with Crippen LogP contribution < -0.4 is 10.6 Å². The lowest BCUT2D eigenvalue weighted by Crippen LogP contribution is -2.33. The number of aryl methyl sites for hydroxylation is 2. The minimum atomic E-state index is -0.374. The second-order valence-corrected chi connectivity index (χ2v) is 8.86. The van der Waals surface area contributed by atoms with Crippen molar-refractivity contribution in [2.24, 2.45) is 0 Å². The number of ketones is 2. The molecule has 0 aliphatic heterocycles. The molecule has 0 radical (unpaired) electrons. The first-order valence-electron chi connectivity index (χ1n) is 9.18. The molecule has 8 heteroatoms. The first kappa shape index (κ1) is 23.0. The van der Waals surface area contributed by atoms with E-state index in [1.54, 1.807) is 12.1 Å². The average molecular weight is 479 g/mol. The van der Waals surface area contributed by atoms with E-state index in [2.05, 4.69) is 26.6 Å². The highest BCUT2D eigenvalue weighted by Crippen LogP contribution is 2.20. The van der Waals surface area contributed by atoms with Crippen molar-refractivity contribution in [2.45, 2.75) is 39.5 Å². The maximum atomic E-state index is 12.0. The van der Waals surface area contributed by atoms with Gasteiger partial charge in [-0.3, -0.25) is 19.2 Å². The average Bonchev–Trinajstić information content (AvgIpc) is 3.11. The van der Waals surface area contributed by atoms with Crippen molar-refractivity contribution in [3.8, 4) is 0 Å². The van der Waals surface area contributed by atoms with Crippen molar-refractivity contribution in [3.05, 3.63) is 50.1 Å². The Morgan fingerprint density at radius 2 is 1.66 bits per heavy atom. The predicted octanol–water partition coefficient (Wildman–Crippen LogP) is 4.19. The number of amides is 2. The van der Waals surface area contributed by atoms with E-state index in [4.69, 9.17) is 0 Å². The summed E-state index contributed by atoms with van der Waals surface area (Å²) < 4.78 is 0.915. The molecule has 0 spiro atoms. The maximum Gasteiger partial charge on any atom is 0.243 e. The number of hydrogen-bond donors (Lipinski definition) is 2. The summed E-state index contributed by atoms with van der Waals surface area (Å²) in [5.74, 6) is -0.911. The largest absolute Gasteiger partial charge is 0.347 e. The van der Waals surface area contributed by atoms with Gasteiger partial charge < -0.3 is 10.6 Å². The number of carbonyl (C=O) groups is 4. The number of nitrogens with one attached hydrogen (secondary N) is 2. The standard InChI is InChI=1S/C21H23BrN2O4S/c1-13-11-15(22)4-7-17(13)24-21(28)12-23-20(27)10-6-16(25)5-8-18(26)19-9-3-14(2)29-19/h3-4,7,9,11H,5-6,8,10,12H2,1-2H3,(H,23,27)(H,24,28). The molecule has 0 aliphatic rings. The van der Waals surface area contributed by atoms with Gasteiger partial charge in [-0.15, -0.1) is 11.3 Å². The highest BCUT2D eigenvalue weighted by molar-refractivity contribution is 9.10. The Labute approximate surface area is 182 Å². The third-order valence-electron chi connectivity index (χ3n) is 4.19. The van der Waals surface area contributed by atoms with Crippen LogP contribution in [0.4, 0.5) is 5.69 Å². The van der Waals surface area contributed by atoms with Gasteiger partial charge in [-0.1, -0.05) is 15.9 Å². The number of anilines is 1. The summed E-state index contributed by atoms with van der Waals surface area (Å²) in [5, 5.41) is 5.23. The molecule has 0 saturated heterocycles. The molecule has 2 amide bonds. The number of halogens is 1. The second kappa shape index (κ2) is 11.0. The molecule has 0 aliphatic carbocycles. The van der Waals surface area contributed by atoms with Crippen molar-refractivity contribution in [3.63, 3.8) is 0 Å². The van der Waals surface area contributed by atoms with Crippen molar-refractivity contribution < 1.29 is 19.2 Å². The molecule has 0 saturated carbocycles. The van der Waals surface area contributed by atoms with Crippen molar-refractivity contribution >= 4 is 56.3 Å². The first-order chi connectivity index (χ1) is 13.7. The summed E-state index contributed by atoms with van der Waals surface area (Å²) in [6, 6.07) is 9.11. The van der Waals surface area contributed by atoms with E-state index < -0.39 is 0 Å². The van der Waals surface area contributed by atoms with Gasteiger partial charge in [-0.25, -0.2) is 0 Å². The highest BCUT2D eigenvalue weighted by Gasteiger charge is 2.13. The molecule has 2 aromatic rings. The number of Topliss-reactive ketones (excluding diaryl/α,β-unsaturated/α-hetero) is 2. The summed E-state index contributed by atoms with van der Waals surface area (Å²) >= 11 is 4.77. The number of hydrogen-bond acceptors (Lipinski definition) is 5. The van der Waals surface area contributed by atoms with Crippen molar-refractivity contribution in [1.29, 1.82) is 0 Å². The molecular formula is C21H23BrN2O4S. The fraction of sp³-hybridized carbons (Fsp3) is 0.333. The topological polar surface area (TPSA) is 92.3 Å². The zero-order chi connectivity index (χ0) is 21.4. The van der Waals surface area contributed by atoms with E-state index in [0.717, 1.165) is 14.9 Å². The Kier molecular flexibility index (Phi) is 8.72. The molecule has 6 nitrogen and oxygen atoms in total. The van der Waals surface area contributed by atoms with Gasteiger partial charge in [0.2, 0.25) is 11.8 Å². The van der Waals surface area contributed by atoms with Gasteiger partial charge >= 0.3 is 0 Å². The van der Waals surface area contributed by atoms with Crippen LogP contribution in [0.2, 0.25) is 0 Å². The van der Waals surface area contributed by atoms with Gasteiger partial charge in [0.25, 0.3) is 0 Å². The smallest absolute Gasteiger partial charge is 0.243 e. The number of benzene rings is 1. The zero-order valence-corrected chi connectivity index (χ0v) is 18.7. The zero-order valence-electron chi connectivity index (χ0n) is 16.3. The summed E-state index contributed by atoms with van der Waals surface area (Å²) in [5.41, 5.74) is 1.57. The molecule has 2 rings (SSSR count). The molecule has 29 heavy (non-hydrogen) atoms. The van der Waals surface area contributed by atoms with Crippen LogP contribution in [0.3, 0.4) is 0 Å². The molecule has 0 bridgehead atoms.